The number of likely N-dealkylation sites (tertiary alicyclic amines) is 1. The molecular formula is C21H28N2O3. The number of hydrogen-bond donors (Lipinski definition) is 1. The van der Waals surface area contributed by atoms with E-state index >= 15 is 0 Å². The van der Waals surface area contributed by atoms with Gasteiger partial charge in [0, 0.05) is 34.7 Å². The topological polar surface area (TPSA) is 62.4 Å². The predicted octanol–water partition coefficient (Wildman–Crippen LogP) is 3.78. The number of esters is 1. The van der Waals surface area contributed by atoms with Crippen molar-refractivity contribution in [1.29, 1.82) is 0 Å². The zero-order valence-corrected chi connectivity index (χ0v) is 15.9. The van der Waals surface area contributed by atoms with Crippen molar-refractivity contribution >= 4 is 16.9 Å². The Morgan fingerprint density at radius 1 is 1.35 bits per heavy atom. The minimum absolute atomic E-state index is 0.0131. The average molecular weight is 356 g/mol. The number of nitrogens with zero attached hydrogens (tertiary/aromatic N) is 1. The molecule has 1 aromatic heterocycles. The highest BCUT2D eigenvalue weighted by atomic mass is 16.5. The second kappa shape index (κ2) is 8.04. The SMILES string of the molecule is CCCOC(=O)c1ccc2[nH]c(C)c(CN3CCCC[C@@H]3C)c(=O)c2c1. The lowest BCUT2D eigenvalue weighted by Crippen LogP contribution is -2.38. The van der Waals surface area contributed by atoms with E-state index in [1.165, 1.54) is 19.3 Å². The van der Waals surface area contributed by atoms with Crippen LogP contribution in [0.1, 0.15) is 61.1 Å². The number of piperidine rings is 1. The van der Waals surface area contributed by atoms with Crippen LogP contribution in [0.3, 0.4) is 0 Å². The lowest BCUT2D eigenvalue weighted by molar-refractivity contribution is 0.0505. The first kappa shape index (κ1) is 18.6. The number of carbonyl (C=O) groups excluding carboxylic acids is 1. The van der Waals surface area contributed by atoms with E-state index in [9.17, 15) is 9.59 Å². The van der Waals surface area contributed by atoms with E-state index in [0.29, 0.717) is 30.1 Å². The largest absolute Gasteiger partial charge is 0.462 e. The molecule has 1 aromatic carbocycles. The van der Waals surface area contributed by atoms with Crippen LogP contribution in [0.5, 0.6) is 0 Å². The molecule has 0 radical (unpaired) electrons. The molecule has 2 heterocycles. The predicted molar refractivity (Wildman–Crippen MR) is 104 cm³/mol. The van der Waals surface area contributed by atoms with Crippen LogP contribution in [-0.4, -0.2) is 35.0 Å². The number of aromatic nitrogens is 1. The lowest BCUT2D eigenvalue weighted by atomic mass is 10.0. The van der Waals surface area contributed by atoms with Gasteiger partial charge in [-0.3, -0.25) is 9.69 Å². The molecule has 5 heteroatoms. The first-order valence-corrected chi connectivity index (χ1v) is 9.58. The summed E-state index contributed by atoms with van der Waals surface area (Å²) >= 11 is 0. The minimum Gasteiger partial charge on any atom is -0.462 e. The van der Waals surface area contributed by atoms with Crippen LogP contribution in [0.2, 0.25) is 0 Å². The molecule has 0 aliphatic carbocycles. The van der Waals surface area contributed by atoms with Crippen molar-refractivity contribution in [3.63, 3.8) is 0 Å². The van der Waals surface area contributed by atoms with Crippen LogP contribution >= 0.6 is 0 Å². The summed E-state index contributed by atoms with van der Waals surface area (Å²) < 4.78 is 5.20. The van der Waals surface area contributed by atoms with Gasteiger partial charge in [-0.1, -0.05) is 13.3 Å². The second-order valence-electron chi connectivity index (χ2n) is 7.27. The number of fused-ring (bicyclic) bond motifs is 1. The van der Waals surface area contributed by atoms with E-state index in [4.69, 9.17) is 4.74 Å². The van der Waals surface area contributed by atoms with Gasteiger partial charge < -0.3 is 9.72 Å². The Bertz CT molecular complexity index is 856. The van der Waals surface area contributed by atoms with Crippen LogP contribution in [0.15, 0.2) is 23.0 Å². The molecule has 1 aliphatic rings. The number of H-pyrrole nitrogens is 1. The second-order valence-corrected chi connectivity index (χ2v) is 7.27. The van der Waals surface area contributed by atoms with Crippen molar-refractivity contribution in [3.8, 4) is 0 Å². The maximum Gasteiger partial charge on any atom is 0.338 e. The Hall–Kier alpha value is -2.14. The van der Waals surface area contributed by atoms with Crippen molar-refractivity contribution in [1.82, 2.24) is 9.88 Å². The monoisotopic (exact) mass is 356 g/mol. The maximum absolute atomic E-state index is 13.1. The maximum atomic E-state index is 13.1. The highest BCUT2D eigenvalue weighted by Crippen LogP contribution is 2.21. The van der Waals surface area contributed by atoms with Crippen molar-refractivity contribution in [3.05, 3.63) is 45.2 Å². The van der Waals surface area contributed by atoms with Crippen LogP contribution < -0.4 is 5.43 Å². The van der Waals surface area contributed by atoms with E-state index in [1.54, 1.807) is 18.2 Å². The molecule has 0 unspecified atom stereocenters. The van der Waals surface area contributed by atoms with Crippen molar-refractivity contribution in [2.75, 3.05) is 13.2 Å². The van der Waals surface area contributed by atoms with Crippen LogP contribution in [-0.2, 0) is 11.3 Å². The fraction of sp³-hybridized carbons (Fsp3) is 0.524. The first-order valence-electron chi connectivity index (χ1n) is 9.58. The fourth-order valence-corrected chi connectivity index (χ4v) is 3.64. The Morgan fingerprint density at radius 3 is 2.88 bits per heavy atom. The molecule has 0 bridgehead atoms. The molecule has 140 valence electrons. The van der Waals surface area contributed by atoms with Gasteiger partial charge in [0.15, 0.2) is 5.43 Å². The molecule has 0 amide bonds. The first-order chi connectivity index (χ1) is 12.5. The summed E-state index contributed by atoms with van der Waals surface area (Å²) in [4.78, 5) is 31.0. The Morgan fingerprint density at radius 2 is 2.15 bits per heavy atom. The van der Waals surface area contributed by atoms with E-state index in [0.717, 1.165) is 29.7 Å². The van der Waals surface area contributed by atoms with Gasteiger partial charge in [-0.05, 0) is 57.9 Å². The van der Waals surface area contributed by atoms with Gasteiger partial charge in [0.2, 0.25) is 0 Å². The standard InChI is InChI=1S/C21H28N2O3/c1-4-11-26-21(25)16-8-9-19-17(12-16)20(24)18(15(3)22-19)13-23-10-6-5-7-14(23)2/h8-9,12,14H,4-7,10-11,13H2,1-3H3,(H,22,24)/t14-/m0/s1. The molecule has 26 heavy (non-hydrogen) atoms. The number of rotatable bonds is 5. The number of aryl methyl sites for hydroxylation is 1. The number of carbonyl (C=O) groups is 1. The minimum atomic E-state index is -0.375. The number of hydrogen-bond acceptors (Lipinski definition) is 4. The highest BCUT2D eigenvalue weighted by molar-refractivity contribution is 5.94. The molecule has 3 rings (SSSR count). The summed E-state index contributed by atoms with van der Waals surface area (Å²) in [5.41, 5.74) is 2.90. The third kappa shape index (κ3) is 3.83. The number of aromatic amines is 1. The van der Waals surface area contributed by atoms with Crippen molar-refractivity contribution in [2.45, 2.75) is 59.0 Å². The highest BCUT2D eigenvalue weighted by Gasteiger charge is 2.21. The fourth-order valence-electron chi connectivity index (χ4n) is 3.64. The number of pyridine rings is 1. The van der Waals surface area contributed by atoms with Crippen LogP contribution in [0.4, 0.5) is 0 Å². The quantitative estimate of drug-likeness (QED) is 0.828. The zero-order chi connectivity index (χ0) is 18.7. The lowest BCUT2D eigenvalue weighted by Gasteiger charge is -2.33. The van der Waals surface area contributed by atoms with E-state index < -0.39 is 0 Å². The smallest absolute Gasteiger partial charge is 0.338 e. The van der Waals surface area contributed by atoms with Gasteiger partial charge in [0.05, 0.1) is 12.2 Å². The van der Waals surface area contributed by atoms with E-state index in [1.807, 2.05) is 13.8 Å². The molecule has 5 nitrogen and oxygen atoms in total. The Balaban J connectivity index is 1.96. The number of nitrogens with one attached hydrogen (secondary N) is 1. The number of benzene rings is 1. The van der Waals surface area contributed by atoms with Gasteiger partial charge in [0.25, 0.3) is 0 Å². The normalized spacial score (nSPS) is 18.2. The molecule has 2 aromatic rings. The summed E-state index contributed by atoms with van der Waals surface area (Å²) in [5.74, 6) is -0.375. The molecule has 1 N–H and O–H groups in total. The van der Waals surface area contributed by atoms with Crippen LogP contribution in [0.25, 0.3) is 10.9 Å². The summed E-state index contributed by atoms with van der Waals surface area (Å²) in [7, 11) is 0. The summed E-state index contributed by atoms with van der Waals surface area (Å²) in [6, 6.07) is 5.66. The van der Waals surface area contributed by atoms with Gasteiger partial charge in [-0.2, -0.15) is 0 Å². The molecule has 1 saturated heterocycles. The molecule has 1 fully saturated rings. The van der Waals surface area contributed by atoms with Gasteiger partial charge in [0.1, 0.15) is 0 Å². The molecule has 0 saturated carbocycles. The van der Waals surface area contributed by atoms with E-state index in [-0.39, 0.29) is 11.4 Å². The molecule has 0 spiro atoms. The third-order valence-electron chi connectivity index (χ3n) is 5.29. The molecule has 1 aliphatic heterocycles. The Kier molecular flexibility index (Phi) is 5.77. The zero-order valence-electron chi connectivity index (χ0n) is 15.9. The summed E-state index contributed by atoms with van der Waals surface area (Å²) in [6.07, 6.45) is 4.39. The van der Waals surface area contributed by atoms with Gasteiger partial charge >= 0.3 is 5.97 Å². The molecule has 1 atom stereocenters. The average Bonchev–Trinajstić information content (AvgIpc) is 2.64. The van der Waals surface area contributed by atoms with Crippen molar-refractivity contribution in [2.24, 2.45) is 0 Å². The van der Waals surface area contributed by atoms with Gasteiger partial charge in [-0.15, -0.1) is 0 Å². The summed E-state index contributed by atoms with van der Waals surface area (Å²) in [6.45, 7) is 8.21. The number of ether oxygens (including phenoxy) is 1. The Labute approximate surface area is 154 Å². The van der Waals surface area contributed by atoms with Gasteiger partial charge in [-0.25, -0.2) is 4.79 Å². The summed E-state index contributed by atoms with van der Waals surface area (Å²) in [5, 5.41) is 0.557. The molecular weight excluding hydrogens is 328 g/mol. The van der Waals surface area contributed by atoms with Crippen LogP contribution in [0, 0.1) is 6.92 Å². The third-order valence-corrected chi connectivity index (χ3v) is 5.29. The van der Waals surface area contributed by atoms with E-state index in [2.05, 4.69) is 16.8 Å². The van der Waals surface area contributed by atoms with Crippen molar-refractivity contribution < 1.29 is 9.53 Å².